The van der Waals surface area contributed by atoms with Gasteiger partial charge in [0.25, 0.3) is 0 Å². The quantitative estimate of drug-likeness (QED) is 0.692. The summed E-state index contributed by atoms with van der Waals surface area (Å²) in [5.74, 6) is -1.85. The summed E-state index contributed by atoms with van der Waals surface area (Å²) < 4.78 is 1.53. The van der Waals surface area contributed by atoms with Gasteiger partial charge in [0.2, 0.25) is 5.91 Å². The zero-order valence-electron chi connectivity index (χ0n) is 7.67. The number of nitrogens with two attached hydrogens (primary N) is 1. The maximum absolute atomic E-state index is 10.7. The van der Waals surface area contributed by atoms with Crippen molar-refractivity contribution in [3.8, 4) is 0 Å². The lowest BCUT2D eigenvalue weighted by molar-refractivity contribution is -0.121. The number of carbonyl (C=O) groups is 2. The molecule has 14 heavy (non-hydrogen) atoms. The maximum Gasteiger partial charge on any atom is 0.356 e. The Morgan fingerprint density at radius 3 is 2.79 bits per heavy atom. The number of aromatic nitrogens is 2. The zero-order valence-corrected chi connectivity index (χ0v) is 7.67. The summed E-state index contributed by atoms with van der Waals surface area (Å²) in [5.41, 5.74) is 5.02. The van der Waals surface area contributed by atoms with Crippen LogP contribution in [-0.4, -0.2) is 26.5 Å². The molecule has 0 fully saturated rings. The lowest BCUT2D eigenvalue weighted by Gasteiger charge is -2.06. The molecule has 0 aliphatic rings. The number of primary amides is 1. The van der Waals surface area contributed by atoms with Crippen molar-refractivity contribution >= 4 is 11.9 Å². The Hall–Kier alpha value is -1.85. The molecule has 6 heteroatoms. The molecule has 0 saturated heterocycles. The first kappa shape index (κ1) is 10.2. The number of rotatable bonds is 4. The average molecular weight is 197 g/mol. The van der Waals surface area contributed by atoms with E-state index in [4.69, 9.17) is 10.8 Å². The third-order valence-electron chi connectivity index (χ3n) is 1.82. The van der Waals surface area contributed by atoms with Gasteiger partial charge < -0.3 is 15.4 Å². The Morgan fingerprint density at radius 1 is 1.71 bits per heavy atom. The van der Waals surface area contributed by atoms with Crippen LogP contribution in [0.15, 0.2) is 12.5 Å². The predicted octanol–water partition coefficient (Wildman–Crippen LogP) is -0.297. The second-order valence-corrected chi connectivity index (χ2v) is 3.06. The van der Waals surface area contributed by atoms with Gasteiger partial charge in [0.15, 0.2) is 5.69 Å². The Balaban J connectivity index is 2.69. The molecule has 1 unspecified atom stereocenters. The van der Waals surface area contributed by atoms with Gasteiger partial charge in [-0.05, 0) is 0 Å². The molecule has 0 saturated carbocycles. The van der Waals surface area contributed by atoms with Gasteiger partial charge in [-0.3, -0.25) is 4.79 Å². The van der Waals surface area contributed by atoms with Crippen molar-refractivity contribution in [2.45, 2.75) is 13.5 Å². The van der Waals surface area contributed by atoms with E-state index in [1.54, 1.807) is 6.92 Å². The summed E-state index contributed by atoms with van der Waals surface area (Å²) in [4.78, 5) is 24.8. The van der Waals surface area contributed by atoms with E-state index in [2.05, 4.69) is 4.98 Å². The zero-order chi connectivity index (χ0) is 10.7. The molecule has 1 aromatic heterocycles. The minimum absolute atomic E-state index is 0.0401. The molecule has 0 aliphatic heterocycles. The van der Waals surface area contributed by atoms with Crippen molar-refractivity contribution in [2.75, 3.05) is 0 Å². The summed E-state index contributed by atoms with van der Waals surface area (Å²) in [7, 11) is 0. The minimum atomic E-state index is -1.09. The van der Waals surface area contributed by atoms with E-state index in [1.165, 1.54) is 17.1 Å². The second-order valence-electron chi connectivity index (χ2n) is 3.06. The third-order valence-corrected chi connectivity index (χ3v) is 1.82. The van der Waals surface area contributed by atoms with Crippen molar-refractivity contribution < 1.29 is 14.7 Å². The Labute approximate surface area is 80.4 Å². The molecule has 0 radical (unpaired) electrons. The number of carboxylic acids is 1. The highest BCUT2D eigenvalue weighted by atomic mass is 16.4. The highest BCUT2D eigenvalue weighted by Crippen LogP contribution is 2.02. The summed E-state index contributed by atoms with van der Waals surface area (Å²) in [6.45, 7) is 2.01. The van der Waals surface area contributed by atoms with Crippen molar-refractivity contribution in [3.63, 3.8) is 0 Å². The molecule has 6 nitrogen and oxygen atoms in total. The van der Waals surface area contributed by atoms with Gasteiger partial charge in [0, 0.05) is 12.7 Å². The van der Waals surface area contributed by atoms with E-state index < -0.39 is 11.9 Å². The lowest BCUT2D eigenvalue weighted by atomic mass is 10.2. The summed E-state index contributed by atoms with van der Waals surface area (Å²) >= 11 is 0. The highest BCUT2D eigenvalue weighted by molar-refractivity contribution is 5.84. The largest absolute Gasteiger partial charge is 0.476 e. The normalized spacial score (nSPS) is 12.4. The Morgan fingerprint density at radius 2 is 2.36 bits per heavy atom. The van der Waals surface area contributed by atoms with E-state index >= 15 is 0 Å². The molecule has 1 aromatic rings. The standard InChI is InChI=1S/C8H11N3O3/c1-5(7(9)12)2-11-3-6(8(13)14)10-4-11/h3-5H,2H2,1H3,(H2,9,12)(H,13,14). The fraction of sp³-hybridized carbons (Fsp3) is 0.375. The third kappa shape index (κ3) is 2.32. The molecule has 3 N–H and O–H groups in total. The van der Waals surface area contributed by atoms with E-state index in [0.717, 1.165) is 0 Å². The maximum atomic E-state index is 10.7. The summed E-state index contributed by atoms with van der Waals surface area (Å²) in [6, 6.07) is 0. The number of nitrogens with zero attached hydrogens (tertiary/aromatic N) is 2. The van der Waals surface area contributed by atoms with Crippen LogP contribution in [-0.2, 0) is 11.3 Å². The van der Waals surface area contributed by atoms with Crippen LogP contribution < -0.4 is 5.73 Å². The van der Waals surface area contributed by atoms with Crippen LogP contribution in [0.3, 0.4) is 0 Å². The number of carboxylic acid groups (broad SMARTS) is 1. The number of hydrogen-bond acceptors (Lipinski definition) is 3. The first-order valence-electron chi connectivity index (χ1n) is 4.05. The lowest BCUT2D eigenvalue weighted by Crippen LogP contribution is -2.24. The van der Waals surface area contributed by atoms with E-state index in [0.29, 0.717) is 6.54 Å². The van der Waals surface area contributed by atoms with E-state index in [-0.39, 0.29) is 11.6 Å². The highest BCUT2D eigenvalue weighted by Gasteiger charge is 2.11. The molecule has 1 rings (SSSR count). The van der Waals surface area contributed by atoms with Gasteiger partial charge >= 0.3 is 5.97 Å². The number of carbonyl (C=O) groups excluding carboxylic acids is 1. The van der Waals surface area contributed by atoms with Crippen molar-refractivity contribution in [2.24, 2.45) is 11.7 Å². The molecule has 0 bridgehead atoms. The van der Waals surface area contributed by atoms with Crippen LogP contribution >= 0.6 is 0 Å². The van der Waals surface area contributed by atoms with Gasteiger partial charge in [0.1, 0.15) is 0 Å². The van der Waals surface area contributed by atoms with Gasteiger partial charge in [-0.1, -0.05) is 6.92 Å². The van der Waals surface area contributed by atoms with E-state index in [1.807, 2.05) is 0 Å². The summed E-state index contributed by atoms with van der Waals surface area (Å²) in [5, 5.41) is 8.57. The number of hydrogen-bond donors (Lipinski definition) is 2. The van der Waals surface area contributed by atoms with Crippen LogP contribution in [0.1, 0.15) is 17.4 Å². The number of amides is 1. The first-order chi connectivity index (χ1) is 6.50. The first-order valence-corrected chi connectivity index (χ1v) is 4.05. The molecule has 0 aliphatic carbocycles. The fourth-order valence-corrected chi connectivity index (χ4v) is 0.977. The molecule has 1 amide bonds. The Kier molecular flexibility index (Phi) is 2.85. The molecular weight excluding hydrogens is 186 g/mol. The topological polar surface area (TPSA) is 98.2 Å². The number of imidazole rings is 1. The SMILES string of the molecule is CC(Cn1cnc(C(=O)O)c1)C(N)=O. The second kappa shape index (κ2) is 3.91. The van der Waals surface area contributed by atoms with Gasteiger partial charge in [0.05, 0.1) is 12.2 Å². The van der Waals surface area contributed by atoms with Crippen molar-refractivity contribution in [3.05, 3.63) is 18.2 Å². The van der Waals surface area contributed by atoms with Crippen LogP contribution in [0.2, 0.25) is 0 Å². The van der Waals surface area contributed by atoms with Crippen LogP contribution in [0.4, 0.5) is 0 Å². The van der Waals surface area contributed by atoms with Crippen molar-refractivity contribution in [1.82, 2.24) is 9.55 Å². The average Bonchev–Trinajstić information content (AvgIpc) is 2.52. The molecule has 0 aromatic carbocycles. The molecule has 1 atom stereocenters. The fourth-order valence-electron chi connectivity index (χ4n) is 0.977. The van der Waals surface area contributed by atoms with Crippen molar-refractivity contribution in [1.29, 1.82) is 0 Å². The molecule has 0 spiro atoms. The molecular formula is C8H11N3O3. The van der Waals surface area contributed by atoms with E-state index in [9.17, 15) is 9.59 Å². The monoisotopic (exact) mass is 197 g/mol. The van der Waals surface area contributed by atoms with Crippen LogP contribution in [0.5, 0.6) is 0 Å². The smallest absolute Gasteiger partial charge is 0.356 e. The predicted molar refractivity (Wildman–Crippen MR) is 47.5 cm³/mol. The summed E-state index contributed by atoms with van der Waals surface area (Å²) in [6.07, 6.45) is 2.73. The molecule has 76 valence electrons. The van der Waals surface area contributed by atoms with Gasteiger partial charge in [-0.25, -0.2) is 9.78 Å². The number of aromatic carboxylic acids is 1. The van der Waals surface area contributed by atoms with Gasteiger partial charge in [-0.15, -0.1) is 0 Å². The minimum Gasteiger partial charge on any atom is -0.476 e. The van der Waals surface area contributed by atoms with Crippen LogP contribution in [0.25, 0.3) is 0 Å². The van der Waals surface area contributed by atoms with Gasteiger partial charge in [-0.2, -0.15) is 0 Å². The van der Waals surface area contributed by atoms with Crippen LogP contribution in [0, 0.1) is 5.92 Å². The molecule has 1 heterocycles. The Bertz CT molecular complexity index is 358.